The Balaban J connectivity index is 1.63. The van der Waals surface area contributed by atoms with Crippen LogP contribution in [0.25, 0.3) is 0 Å². The first-order valence-electron chi connectivity index (χ1n) is 7.36. The number of aromatic nitrogens is 2. The van der Waals surface area contributed by atoms with Crippen molar-refractivity contribution >= 4 is 11.8 Å². The lowest BCUT2D eigenvalue weighted by Gasteiger charge is -2.25. The summed E-state index contributed by atoms with van der Waals surface area (Å²) in [7, 11) is 0. The van der Waals surface area contributed by atoms with E-state index in [-0.39, 0.29) is 11.7 Å². The molecule has 0 spiro atoms. The van der Waals surface area contributed by atoms with E-state index < -0.39 is 0 Å². The Morgan fingerprint density at radius 1 is 1.36 bits per heavy atom. The van der Waals surface area contributed by atoms with Crippen LogP contribution in [0.1, 0.15) is 19.0 Å². The summed E-state index contributed by atoms with van der Waals surface area (Å²) in [5.74, 6) is 2.22. The quantitative estimate of drug-likeness (QED) is 0.678. The Morgan fingerprint density at radius 3 is 3.00 bits per heavy atom. The molecule has 0 aliphatic carbocycles. The number of thioether (sulfide) groups is 1. The van der Waals surface area contributed by atoms with Crippen LogP contribution in [0.4, 0.5) is 0 Å². The molecule has 2 heterocycles. The first kappa shape index (κ1) is 15.0. The molecule has 1 aliphatic heterocycles. The molecular weight excluding hydrogens is 300 g/mol. The third kappa shape index (κ3) is 3.62. The van der Waals surface area contributed by atoms with Crippen molar-refractivity contribution in [2.24, 2.45) is 0 Å². The normalized spacial score (nSPS) is 16.5. The van der Waals surface area contributed by atoms with Gasteiger partial charge in [-0.1, -0.05) is 37.2 Å². The summed E-state index contributed by atoms with van der Waals surface area (Å²) in [6, 6.07) is 9.19. The number of nitrogens with one attached hydrogen (secondary N) is 1. The van der Waals surface area contributed by atoms with E-state index in [1.165, 1.54) is 11.8 Å². The summed E-state index contributed by atoms with van der Waals surface area (Å²) in [5, 5.41) is 0.637. The van der Waals surface area contributed by atoms with Gasteiger partial charge in [-0.3, -0.25) is 4.79 Å². The molecule has 1 aromatic carbocycles. The highest BCUT2D eigenvalue weighted by molar-refractivity contribution is 7.99. The van der Waals surface area contributed by atoms with Crippen LogP contribution >= 0.6 is 11.8 Å². The zero-order valence-electron chi connectivity index (χ0n) is 12.4. The van der Waals surface area contributed by atoms with Crippen LogP contribution in [0.15, 0.2) is 40.3 Å². The molecule has 5 nitrogen and oxygen atoms in total. The molecule has 1 aliphatic rings. The Hall–Kier alpha value is -1.95. The first-order chi connectivity index (χ1) is 10.7. The van der Waals surface area contributed by atoms with E-state index >= 15 is 0 Å². The fourth-order valence-corrected chi connectivity index (χ4v) is 3.12. The molecule has 0 bridgehead atoms. The number of ether oxygens (including phenoxy) is 2. The second-order valence-electron chi connectivity index (χ2n) is 5.10. The number of H-pyrrole nitrogens is 1. The number of fused-ring (bicyclic) bond motifs is 1. The number of aryl methyl sites for hydroxylation is 1. The van der Waals surface area contributed by atoms with Crippen molar-refractivity contribution in [2.45, 2.75) is 31.0 Å². The Labute approximate surface area is 133 Å². The molecule has 0 amide bonds. The SMILES string of the molecule is CCCc1cc(=O)[nH]c(SC[C@H]2COc3ccccc3O2)n1. The predicted molar refractivity (Wildman–Crippen MR) is 85.9 cm³/mol. The summed E-state index contributed by atoms with van der Waals surface area (Å²) in [5.41, 5.74) is 0.729. The molecule has 0 unspecified atom stereocenters. The highest BCUT2D eigenvalue weighted by atomic mass is 32.2. The third-order valence-corrected chi connectivity index (χ3v) is 4.26. The van der Waals surface area contributed by atoms with Crippen LogP contribution in [-0.4, -0.2) is 28.4 Å². The van der Waals surface area contributed by atoms with E-state index in [2.05, 4.69) is 16.9 Å². The van der Waals surface area contributed by atoms with Gasteiger partial charge in [0.15, 0.2) is 16.7 Å². The van der Waals surface area contributed by atoms with E-state index in [1.54, 1.807) is 6.07 Å². The largest absolute Gasteiger partial charge is 0.486 e. The molecule has 3 rings (SSSR count). The van der Waals surface area contributed by atoms with Crippen LogP contribution in [0.3, 0.4) is 0 Å². The summed E-state index contributed by atoms with van der Waals surface area (Å²) in [6.07, 6.45) is 1.73. The Morgan fingerprint density at radius 2 is 2.18 bits per heavy atom. The van der Waals surface area contributed by atoms with Crippen LogP contribution in [-0.2, 0) is 6.42 Å². The van der Waals surface area contributed by atoms with Crippen LogP contribution in [0.5, 0.6) is 11.5 Å². The number of aromatic amines is 1. The number of hydrogen-bond donors (Lipinski definition) is 1. The van der Waals surface area contributed by atoms with Crippen molar-refractivity contribution in [2.75, 3.05) is 12.4 Å². The van der Waals surface area contributed by atoms with E-state index in [4.69, 9.17) is 9.47 Å². The zero-order chi connectivity index (χ0) is 15.4. The fourth-order valence-electron chi connectivity index (χ4n) is 2.25. The molecule has 116 valence electrons. The van der Waals surface area contributed by atoms with Gasteiger partial charge in [-0.2, -0.15) is 0 Å². The van der Waals surface area contributed by atoms with Gasteiger partial charge in [0, 0.05) is 17.5 Å². The number of benzene rings is 1. The standard InChI is InChI=1S/C16H18N2O3S/c1-2-5-11-8-15(19)18-16(17-11)22-10-12-9-20-13-6-3-4-7-14(13)21-12/h3-4,6-8,12H,2,5,9-10H2,1H3,(H,17,18,19)/t12-/m1/s1. The summed E-state index contributed by atoms with van der Waals surface area (Å²) in [6.45, 7) is 2.57. The fraction of sp³-hybridized carbons (Fsp3) is 0.375. The van der Waals surface area contributed by atoms with Gasteiger partial charge < -0.3 is 14.5 Å². The highest BCUT2D eigenvalue weighted by Gasteiger charge is 2.21. The van der Waals surface area contributed by atoms with Crippen LogP contribution < -0.4 is 15.0 Å². The molecule has 0 fully saturated rings. The van der Waals surface area contributed by atoms with Gasteiger partial charge >= 0.3 is 0 Å². The lowest BCUT2D eigenvalue weighted by Crippen LogP contribution is -2.31. The molecule has 6 heteroatoms. The monoisotopic (exact) mass is 318 g/mol. The molecule has 22 heavy (non-hydrogen) atoms. The Kier molecular flexibility index (Phi) is 4.68. The summed E-state index contributed by atoms with van der Waals surface area (Å²) in [4.78, 5) is 18.9. The third-order valence-electron chi connectivity index (χ3n) is 3.25. The molecule has 0 saturated heterocycles. The average molecular weight is 318 g/mol. The average Bonchev–Trinajstić information content (AvgIpc) is 2.52. The van der Waals surface area contributed by atoms with Gasteiger partial charge in [-0.25, -0.2) is 4.98 Å². The highest BCUT2D eigenvalue weighted by Crippen LogP contribution is 2.32. The number of nitrogens with zero attached hydrogens (tertiary/aromatic N) is 1. The van der Waals surface area contributed by atoms with E-state index in [0.717, 1.165) is 30.0 Å². The molecule has 2 aromatic rings. The van der Waals surface area contributed by atoms with Gasteiger partial charge in [0.25, 0.3) is 5.56 Å². The maximum Gasteiger partial charge on any atom is 0.251 e. The van der Waals surface area contributed by atoms with Crippen molar-refractivity contribution in [3.8, 4) is 11.5 Å². The number of rotatable bonds is 5. The minimum absolute atomic E-state index is 0.0555. The van der Waals surface area contributed by atoms with Crippen molar-refractivity contribution in [1.82, 2.24) is 9.97 Å². The van der Waals surface area contributed by atoms with Gasteiger partial charge in [0.2, 0.25) is 0 Å². The van der Waals surface area contributed by atoms with Crippen molar-refractivity contribution in [1.29, 1.82) is 0 Å². The first-order valence-corrected chi connectivity index (χ1v) is 8.34. The smallest absolute Gasteiger partial charge is 0.251 e. The van der Waals surface area contributed by atoms with Crippen LogP contribution in [0, 0.1) is 0 Å². The van der Waals surface area contributed by atoms with Gasteiger partial charge in [-0.15, -0.1) is 0 Å². The number of hydrogen-bond acceptors (Lipinski definition) is 5. The lowest BCUT2D eigenvalue weighted by molar-refractivity contribution is 0.107. The zero-order valence-corrected chi connectivity index (χ0v) is 13.2. The second-order valence-corrected chi connectivity index (χ2v) is 6.11. The number of para-hydroxylation sites is 2. The van der Waals surface area contributed by atoms with Gasteiger partial charge in [-0.05, 0) is 18.6 Å². The van der Waals surface area contributed by atoms with Crippen LogP contribution in [0.2, 0.25) is 0 Å². The van der Waals surface area contributed by atoms with E-state index in [9.17, 15) is 4.79 Å². The minimum Gasteiger partial charge on any atom is -0.486 e. The van der Waals surface area contributed by atoms with Crippen molar-refractivity contribution in [3.05, 3.63) is 46.4 Å². The van der Waals surface area contributed by atoms with E-state index in [1.807, 2.05) is 24.3 Å². The van der Waals surface area contributed by atoms with Crippen molar-refractivity contribution < 1.29 is 9.47 Å². The predicted octanol–water partition coefficient (Wildman–Crippen LogP) is 2.65. The molecule has 1 N–H and O–H groups in total. The Bertz CT molecular complexity index is 702. The minimum atomic E-state index is -0.105. The van der Waals surface area contributed by atoms with Gasteiger partial charge in [0.05, 0.1) is 0 Å². The van der Waals surface area contributed by atoms with Crippen molar-refractivity contribution in [3.63, 3.8) is 0 Å². The van der Waals surface area contributed by atoms with E-state index in [0.29, 0.717) is 17.5 Å². The summed E-state index contributed by atoms with van der Waals surface area (Å²) < 4.78 is 11.6. The molecule has 1 aromatic heterocycles. The molecule has 0 radical (unpaired) electrons. The maximum atomic E-state index is 11.6. The maximum absolute atomic E-state index is 11.6. The molecule has 1 atom stereocenters. The molecule has 0 saturated carbocycles. The topological polar surface area (TPSA) is 64.2 Å². The summed E-state index contributed by atoms with van der Waals surface area (Å²) >= 11 is 1.48. The lowest BCUT2D eigenvalue weighted by atomic mass is 10.2. The molecular formula is C16H18N2O3S. The van der Waals surface area contributed by atoms with Gasteiger partial charge in [0.1, 0.15) is 12.7 Å². The second kappa shape index (κ2) is 6.87.